The van der Waals surface area contributed by atoms with Gasteiger partial charge in [0.15, 0.2) is 0 Å². The number of aromatic nitrogens is 2. The molecule has 2 fully saturated rings. The maximum Gasteiger partial charge on any atom is 0.254 e. The first-order valence-electron chi connectivity index (χ1n) is 9.77. The summed E-state index contributed by atoms with van der Waals surface area (Å²) < 4.78 is 11.9. The number of piperidine rings is 1. The third-order valence-corrected chi connectivity index (χ3v) is 6.17. The number of rotatable bonds is 5. The van der Waals surface area contributed by atoms with E-state index in [2.05, 4.69) is 9.97 Å². The van der Waals surface area contributed by atoms with E-state index in [9.17, 15) is 4.79 Å². The molecule has 148 valence electrons. The van der Waals surface area contributed by atoms with Gasteiger partial charge in [-0.15, -0.1) is 0 Å². The second-order valence-corrected chi connectivity index (χ2v) is 8.36. The van der Waals surface area contributed by atoms with Crippen LogP contribution in [0, 0.1) is 6.92 Å². The number of aryl methyl sites for hydroxylation is 1. The highest BCUT2D eigenvalue weighted by Gasteiger charge is 2.26. The fourth-order valence-electron chi connectivity index (χ4n) is 3.50. The minimum Gasteiger partial charge on any atom is -0.474 e. The number of carbonyl (C=O) groups excluding carboxylic acids is 1. The highest BCUT2D eigenvalue weighted by molar-refractivity contribution is 7.99. The molecule has 2 aliphatic heterocycles. The van der Waals surface area contributed by atoms with E-state index in [-0.39, 0.29) is 18.1 Å². The Morgan fingerprint density at radius 1 is 1.11 bits per heavy atom. The molecule has 0 spiro atoms. The Kier molecular flexibility index (Phi) is 6.00. The van der Waals surface area contributed by atoms with E-state index < -0.39 is 0 Å². The number of hydrogen-bond acceptors (Lipinski definition) is 6. The summed E-state index contributed by atoms with van der Waals surface area (Å²) in [4.78, 5) is 23.4. The van der Waals surface area contributed by atoms with Gasteiger partial charge in [0, 0.05) is 61.3 Å². The molecule has 6 nitrogen and oxygen atoms in total. The summed E-state index contributed by atoms with van der Waals surface area (Å²) >= 11 is 1.89. The maximum absolute atomic E-state index is 12.9. The van der Waals surface area contributed by atoms with E-state index in [0.717, 1.165) is 36.5 Å². The summed E-state index contributed by atoms with van der Waals surface area (Å²) in [5.74, 6) is 3.34. The van der Waals surface area contributed by atoms with Crippen LogP contribution in [0.2, 0.25) is 0 Å². The van der Waals surface area contributed by atoms with Crippen molar-refractivity contribution in [1.29, 1.82) is 0 Å². The Labute approximate surface area is 169 Å². The molecule has 0 saturated carbocycles. The molecule has 0 radical (unpaired) electrons. The fraction of sp³-hybridized carbons (Fsp3) is 0.476. The van der Waals surface area contributed by atoms with Gasteiger partial charge < -0.3 is 14.4 Å². The van der Waals surface area contributed by atoms with Gasteiger partial charge in [-0.3, -0.25) is 4.79 Å². The van der Waals surface area contributed by atoms with Crippen molar-refractivity contribution in [3.8, 4) is 11.8 Å². The van der Waals surface area contributed by atoms with Crippen LogP contribution in [-0.4, -0.2) is 57.6 Å². The van der Waals surface area contributed by atoms with Crippen LogP contribution in [-0.2, 0) is 0 Å². The zero-order valence-electron chi connectivity index (χ0n) is 16.0. The lowest BCUT2D eigenvalue weighted by atomic mass is 10.1. The maximum atomic E-state index is 12.9. The Hall–Kier alpha value is -2.28. The molecule has 4 heterocycles. The number of carbonyl (C=O) groups is 1. The molecule has 1 amide bonds. The zero-order chi connectivity index (χ0) is 19.3. The molecule has 2 aromatic rings. The van der Waals surface area contributed by atoms with Gasteiger partial charge in [0.25, 0.3) is 5.91 Å². The standard InChI is InChI=1S/C21H25N3O3S/c1-15-3-2-4-19(23-15)26-17-6-10-24(11-7-17)21(25)16-5-9-22-20(13-16)27-18-8-12-28-14-18/h2-5,9,13,17-18H,6-8,10-12,14H2,1H3/t18-/m1/s1. The monoisotopic (exact) mass is 399 g/mol. The molecular formula is C21H25N3O3S. The lowest BCUT2D eigenvalue weighted by Crippen LogP contribution is -2.41. The summed E-state index contributed by atoms with van der Waals surface area (Å²) in [7, 11) is 0. The molecule has 0 bridgehead atoms. The van der Waals surface area contributed by atoms with Crippen molar-refractivity contribution in [3.05, 3.63) is 47.8 Å². The van der Waals surface area contributed by atoms with Crippen molar-refractivity contribution in [3.63, 3.8) is 0 Å². The first-order valence-corrected chi connectivity index (χ1v) is 10.9. The van der Waals surface area contributed by atoms with Crippen LogP contribution < -0.4 is 9.47 Å². The summed E-state index contributed by atoms with van der Waals surface area (Å²) in [6, 6.07) is 9.31. The first kappa shape index (κ1) is 19.1. The van der Waals surface area contributed by atoms with Crippen LogP contribution in [0.1, 0.15) is 35.3 Å². The molecule has 0 aliphatic carbocycles. The van der Waals surface area contributed by atoms with E-state index in [1.807, 2.05) is 41.8 Å². The van der Waals surface area contributed by atoms with Crippen LogP contribution in [0.25, 0.3) is 0 Å². The molecule has 0 unspecified atom stereocenters. The van der Waals surface area contributed by atoms with Crippen LogP contribution in [0.15, 0.2) is 36.5 Å². The first-order chi connectivity index (χ1) is 13.7. The number of amides is 1. The van der Waals surface area contributed by atoms with Crippen molar-refractivity contribution in [2.75, 3.05) is 24.6 Å². The number of likely N-dealkylation sites (tertiary alicyclic amines) is 1. The van der Waals surface area contributed by atoms with Crippen LogP contribution in [0.3, 0.4) is 0 Å². The average molecular weight is 400 g/mol. The molecule has 2 aliphatic rings. The van der Waals surface area contributed by atoms with Gasteiger partial charge >= 0.3 is 0 Å². The van der Waals surface area contributed by atoms with Gasteiger partial charge in [-0.25, -0.2) is 9.97 Å². The summed E-state index contributed by atoms with van der Waals surface area (Å²) in [6.07, 6.45) is 4.59. The molecular weight excluding hydrogens is 374 g/mol. The molecule has 7 heteroatoms. The van der Waals surface area contributed by atoms with Gasteiger partial charge in [-0.05, 0) is 31.2 Å². The van der Waals surface area contributed by atoms with E-state index >= 15 is 0 Å². The fourth-order valence-corrected chi connectivity index (χ4v) is 4.59. The van der Waals surface area contributed by atoms with E-state index in [1.165, 1.54) is 0 Å². The van der Waals surface area contributed by atoms with Gasteiger partial charge in [0.2, 0.25) is 11.8 Å². The van der Waals surface area contributed by atoms with Crippen molar-refractivity contribution < 1.29 is 14.3 Å². The third kappa shape index (κ3) is 4.76. The zero-order valence-corrected chi connectivity index (χ0v) is 16.9. The predicted octanol–water partition coefficient (Wildman–Crippen LogP) is 3.35. The Morgan fingerprint density at radius 3 is 2.68 bits per heavy atom. The van der Waals surface area contributed by atoms with Crippen LogP contribution in [0.5, 0.6) is 11.8 Å². The third-order valence-electron chi connectivity index (χ3n) is 5.04. The topological polar surface area (TPSA) is 64.5 Å². The van der Waals surface area contributed by atoms with E-state index in [4.69, 9.17) is 9.47 Å². The average Bonchev–Trinajstić information content (AvgIpc) is 3.21. The van der Waals surface area contributed by atoms with Gasteiger partial charge in [-0.1, -0.05) is 6.07 Å². The molecule has 4 rings (SSSR count). The van der Waals surface area contributed by atoms with Crippen LogP contribution >= 0.6 is 11.8 Å². The highest BCUT2D eigenvalue weighted by Crippen LogP contribution is 2.23. The number of nitrogens with zero attached hydrogens (tertiary/aromatic N) is 3. The number of hydrogen-bond donors (Lipinski definition) is 0. The molecule has 2 saturated heterocycles. The summed E-state index contributed by atoms with van der Waals surface area (Å²) in [5, 5.41) is 0. The SMILES string of the molecule is Cc1cccc(OC2CCN(C(=O)c3ccnc(O[C@@H]4CCSC4)c3)CC2)n1. The lowest BCUT2D eigenvalue weighted by Gasteiger charge is -2.32. The Morgan fingerprint density at radius 2 is 1.93 bits per heavy atom. The minimum atomic E-state index is 0.0279. The summed E-state index contributed by atoms with van der Waals surface area (Å²) in [6.45, 7) is 3.30. The smallest absolute Gasteiger partial charge is 0.254 e. The molecule has 1 atom stereocenters. The highest BCUT2D eigenvalue weighted by atomic mass is 32.2. The summed E-state index contributed by atoms with van der Waals surface area (Å²) in [5.41, 5.74) is 1.58. The van der Waals surface area contributed by atoms with E-state index in [0.29, 0.717) is 30.4 Å². The Balaban J connectivity index is 1.32. The van der Waals surface area contributed by atoms with Crippen molar-refractivity contribution in [1.82, 2.24) is 14.9 Å². The van der Waals surface area contributed by atoms with E-state index in [1.54, 1.807) is 18.3 Å². The molecule has 28 heavy (non-hydrogen) atoms. The van der Waals surface area contributed by atoms with Gasteiger partial charge in [0.1, 0.15) is 12.2 Å². The molecule has 2 aromatic heterocycles. The molecule has 0 aromatic carbocycles. The molecule has 0 N–H and O–H groups in total. The normalized spacial score (nSPS) is 20.2. The second kappa shape index (κ2) is 8.82. The van der Waals surface area contributed by atoms with Crippen molar-refractivity contribution in [2.24, 2.45) is 0 Å². The number of pyridine rings is 2. The lowest BCUT2D eigenvalue weighted by molar-refractivity contribution is 0.0587. The van der Waals surface area contributed by atoms with Gasteiger partial charge in [0.05, 0.1) is 0 Å². The van der Waals surface area contributed by atoms with Crippen molar-refractivity contribution in [2.45, 2.75) is 38.4 Å². The largest absolute Gasteiger partial charge is 0.474 e. The number of ether oxygens (including phenoxy) is 2. The minimum absolute atomic E-state index is 0.0279. The quantitative estimate of drug-likeness (QED) is 0.768. The van der Waals surface area contributed by atoms with Crippen molar-refractivity contribution >= 4 is 17.7 Å². The predicted molar refractivity (Wildman–Crippen MR) is 109 cm³/mol. The van der Waals surface area contributed by atoms with Gasteiger partial charge in [-0.2, -0.15) is 11.8 Å². The number of thioether (sulfide) groups is 1. The Bertz CT molecular complexity index is 818. The van der Waals surface area contributed by atoms with Crippen LogP contribution in [0.4, 0.5) is 0 Å². The second-order valence-electron chi connectivity index (χ2n) is 7.21.